The molecule has 0 aliphatic heterocycles. The molecule has 0 spiro atoms. The molecule has 0 aliphatic carbocycles. The first kappa shape index (κ1) is 12.9. The minimum absolute atomic E-state index is 0.302. The number of hydrogen-bond donors (Lipinski definition) is 1. The molecule has 0 amide bonds. The molecule has 0 bridgehead atoms. The molecule has 0 saturated carbocycles. The van der Waals surface area contributed by atoms with Crippen LogP contribution in [0.15, 0.2) is 54.7 Å². The first-order chi connectivity index (χ1) is 10.2. The fraction of sp³-hybridized carbons (Fsp3) is 0.0588. The van der Waals surface area contributed by atoms with Gasteiger partial charge in [0.1, 0.15) is 0 Å². The fourth-order valence-corrected chi connectivity index (χ4v) is 2.44. The van der Waals surface area contributed by atoms with Gasteiger partial charge in [-0.3, -0.25) is 0 Å². The summed E-state index contributed by atoms with van der Waals surface area (Å²) in [6.45, 7) is 0.459. The zero-order valence-corrected chi connectivity index (χ0v) is 11.2. The van der Waals surface area contributed by atoms with Gasteiger partial charge in [0.25, 0.3) is 0 Å². The Labute approximate surface area is 121 Å². The van der Waals surface area contributed by atoms with Crippen LogP contribution in [-0.4, -0.2) is 15.6 Å². The quantitative estimate of drug-likeness (QED) is 0.798. The molecule has 0 unspecified atom stereocenters. The largest absolute Gasteiger partial charge is 0.478 e. The minimum Gasteiger partial charge on any atom is -0.478 e. The van der Waals surface area contributed by atoms with E-state index < -0.39 is 5.97 Å². The van der Waals surface area contributed by atoms with Crippen LogP contribution in [0.25, 0.3) is 10.9 Å². The van der Waals surface area contributed by atoms with Crippen molar-refractivity contribution in [3.63, 3.8) is 0 Å². The molecule has 0 saturated heterocycles. The van der Waals surface area contributed by atoms with Gasteiger partial charge in [0.2, 0.25) is 0 Å². The van der Waals surface area contributed by atoms with Crippen LogP contribution in [-0.2, 0) is 6.54 Å². The summed E-state index contributed by atoms with van der Waals surface area (Å²) in [5.74, 6) is -0.931. The molecule has 0 atom stereocenters. The van der Waals surface area contributed by atoms with Crippen molar-refractivity contribution < 1.29 is 9.90 Å². The summed E-state index contributed by atoms with van der Waals surface area (Å²) in [5.41, 5.74) is 2.56. The average Bonchev–Trinajstić information content (AvgIpc) is 2.90. The number of nitrogens with zero attached hydrogens (tertiary/aromatic N) is 2. The number of carboxylic acids is 1. The van der Waals surface area contributed by atoms with Crippen molar-refractivity contribution in [2.24, 2.45) is 0 Å². The van der Waals surface area contributed by atoms with Crippen LogP contribution >= 0.6 is 0 Å². The highest BCUT2D eigenvalue weighted by molar-refractivity contribution is 5.89. The van der Waals surface area contributed by atoms with Crippen LogP contribution < -0.4 is 0 Å². The molecule has 1 aromatic heterocycles. The SMILES string of the molecule is N#Cc1ccc2ccn(Cc3ccccc3C(=O)O)c2c1. The Morgan fingerprint density at radius 2 is 2.00 bits per heavy atom. The molecular formula is C17H12N2O2. The van der Waals surface area contributed by atoms with Crippen molar-refractivity contribution in [2.75, 3.05) is 0 Å². The first-order valence-electron chi connectivity index (χ1n) is 6.49. The Morgan fingerprint density at radius 1 is 1.19 bits per heavy atom. The second-order valence-corrected chi connectivity index (χ2v) is 4.79. The number of fused-ring (bicyclic) bond motifs is 1. The maximum atomic E-state index is 11.3. The second-order valence-electron chi connectivity index (χ2n) is 4.79. The van der Waals surface area contributed by atoms with E-state index >= 15 is 0 Å². The molecule has 4 nitrogen and oxygen atoms in total. The van der Waals surface area contributed by atoms with Gasteiger partial charge in [-0.05, 0) is 35.2 Å². The molecule has 0 aliphatic rings. The van der Waals surface area contributed by atoms with Crippen LogP contribution in [0.3, 0.4) is 0 Å². The van der Waals surface area contributed by atoms with Gasteiger partial charge >= 0.3 is 5.97 Å². The van der Waals surface area contributed by atoms with Gasteiger partial charge in [-0.15, -0.1) is 0 Å². The number of benzene rings is 2. The molecule has 1 N–H and O–H groups in total. The molecule has 1 heterocycles. The lowest BCUT2D eigenvalue weighted by Crippen LogP contribution is -2.06. The van der Waals surface area contributed by atoms with Crippen LogP contribution in [0, 0.1) is 11.3 Å². The smallest absolute Gasteiger partial charge is 0.336 e. The van der Waals surface area contributed by atoms with E-state index in [1.54, 1.807) is 18.2 Å². The highest BCUT2D eigenvalue weighted by atomic mass is 16.4. The van der Waals surface area contributed by atoms with Gasteiger partial charge in [0.15, 0.2) is 0 Å². The summed E-state index contributed by atoms with van der Waals surface area (Å²) in [7, 11) is 0. The summed E-state index contributed by atoms with van der Waals surface area (Å²) in [4.78, 5) is 11.3. The van der Waals surface area contributed by atoms with Crippen molar-refractivity contribution in [1.82, 2.24) is 4.57 Å². The molecule has 0 radical (unpaired) electrons. The first-order valence-corrected chi connectivity index (χ1v) is 6.49. The van der Waals surface area contributed by atoms with Crippen LogP contribution in [0.1, 0.15) is 21.5 Å². The number of carboxylic acid groups (broad SMARTS) is 1. The third-order valence-corrected chi connectivity index (χ3v) is 3.49. The molecular weight excluding hydrogens is 264 g/mol. The van der Waals surface area contributed by atoms with E-state index in [0.29, 0.717) is 17.7 Å². The summed E-state index contributed by atoms with van der Waals surface area (Å²) in [6.07, 6.45) is 1.91. The van der Waals surface area contributed by atoms with Crippen molar-refractivity contribution in [3.8, 4) is 6.07 Å². The summed E-state index contributed by atoms with van der Waals surface area (Å²) in [5, 5.41) is 19.3. The van der Waals surface area contributed by atoms with Gasteiger partial charge in [-0.1, -0.05) is 24.3 Å². The Morgan fingerprint density at radius 3 is 2.76 bits per heavy atom. The summed E-state index contributed by atoms with van der Waals surface area (Å²) < 4.78 is 1.96. The predicted molar refractivity (Wildman–Crippen MR) is 79.2 cm³/mol. The van der Waals surface area contributed by atoms with E-state index in [9.17, 15) is 9.90 Å². The third-order valence-electron chi connectivity index (χ3n) is 3.49. The maximum absolute atomic E-state index is 11.3. The van der Waals surface area contributed by atoms with Crippen LogP contribution in [0.4, 0.5) is 0 Å². The number of rotatable bonds is 3. The lowest BCUT2D eigenvalue weighted by Gasteiger charge is -2.09. The fourth-order valence-electron chi connectivity index (χ4n) is 2.44. The highest BCUT2D eigenvalue weighted by Crippen LogP contribution is 2.20. The second kappa shape index (κ2) is 5.14. The number of aromatic nitrogens is 1. The Balaban J connectivity index is 2.07. The van der Waals surface area contributed by atoms with Crippen molar-refractivity contribution in [1.29, 1.82) is 5.26 Å². The van der Waals surface area contributed by atoms with Gasteiger partial charge in [-0.25, -0.2) is 4.79 Å². The number of nitriles is 1. The van der Waals surface area contributed by atoms with E-state index in [1.165, 1.54) is 0 Å². The highest BCUT2D eigenvalue weighted by Gasteiger charge is 2.10. The Hall–Kier alpha value is -3.06. The van der Waals surface area contributed by atoms with Crippen molar-refractivity contribution in [3.05, 3.63) is 71.4 Å². The molecule has 3 aromatic rings. The maximum Gasteiger partial charge on any atom is 0.336 e. The molecule has 21 heavy (non-hydrogen) atoms. The molecule has 2 aromatic carbocycles. The van der Waals surface area contributed by atoms with E-state index in [0.717, 1.165) is 16.5 Å². The monoisotopic (exact) mass is 276 g/mol. The molecule has 102 valence electrons. The van der Waals surface area contributed by atoms with Crippen LogP contribution in [0.2, 0.25) is 0 Å². The Kier molecular flexibility index (Phi) is 3.17. The normalized spacial score (nSPS) is 10.4. The summed E-state index contributed by atoms with van der Waals surface area (Å²) >= 11 is 0. The van der Waals surface area contributed by atoms with Crippen molar-refractivity contribution in [2.45, 2.75) is 6.54 Å². The number of carbonyl (C=O) groups is 1. The van der Waals surface area contributed by atoms with E-state index in [1.807, 2.05) is 41.1 Å². The standard InChI is InChI=1S/C17H12N2O2/c18-10-12-5-6-13-7-8-19(16(13)9-12)11-14-3-1-2-4-15(14)17(20)21/h1-9H,11H2,(H,20,21). The topological polar surface area (TPSA) is 66.0 Å². The third kappa shape index (κ3) is 2.37. The lowest BCUT2D eigenvalue weighted by atomic mass is 10.1. The predicted octanol–water partition coefficient (Wildman–Crippen LogP) is 3.26. The zero-order chi connectivity index (χ0) is 14.8. The summed E-state index contributed by atoms with van der Waals surface area (Å²) in [6, 6.07) is 16.5. The van der Waals surface area contributed by atoms with Crippen molar-refractivity contribution >= 4 is 16.9 Å². The average molecular weight is 276 g/mol. The molecule has 4 heteroatoms. The molecule has 3 rings (SSSR count). The van der Waals surface area contributed by atoms with E-state index in [-0.39, 0.29) is 0 Å². The zero-order valence-electron chi connectivity index (χ0n) is 11.2. The van der Waals surface area contributed by atoms with Gasteiger partial charge in [-0.2, -0.15) is 5.26 Å². The van der Waals surface area contributed by atoms with E-state index in [4.69, 9.17) is 5.26 Å². The minimum atomic E-state index is -0.931. The van der Waals surface area contributed by atoms with Crippen LogP contribution in [0.5, 0.6) is 0 Å². The van der Waals surface area contributed by atoms with Gasteiger partial charge in [0, 0.05) is 18.3 Å². The number of hydrogen-bond acceptors (Lipinski definition) is 2. The number of aromatic carboxylic acids is 1. The lowest BCUT2D eigenvalue weighted by molar-refractivity contribution is 0.0695. The van der Waals surface area contributed by atoms with Gasteiger partial charge < -0.3 is 9.67 Å². The Bertz CT molecular complexity index is 872. The molecule has 0 fully saturated rings. The van der Waals surface area contributed by atoms with E-state index in [2.05, 4.69) is 6.07 Å². The van der Waals surface area contributed by atoms with Gasteiger partial charge in [0.05, 0.1) is 17.2 Å².